The predicted octanol–water partition coefficient (Wildman–Crippen LogP) is -2.39. The number of benzene rings is 1. The first kappa shape index (κ1) is 49.2. The average molecular weight is 859 g/mol. The molecule has 330 valence electrons. The van der Waals surface area contributed by atoms with E-state index >= 15 is 0 Å². The summed E-state index contributed by atoms with van der Waals surface area (Å²) in [5, 5.41) is 75.6. The molecule has 8 N–H and O–H groups in total. The van der Waals surface area contributed by atoms with Gasteiger partial charge in [-0.3, -0.25) is 58.0 Å². The Morgan fingerprint density at radius 1 is 0.533 bits per heavy atom. The van der Waals surface area contributed by atoms with Gasteiger partial charge in [-0.15, -0.1) is 0 Å². The largest absolute Gasteiger partial charge is 0.491 e. The Morgan fingerprint density at radius 3 is 1.25 bits per heavy atom. The Labute approximate surface area is 336 Å². The van der Waals surface area contributed by atoms with Gasteiger partial charge >= 0.3 is 59.3 Å². The second-order valence-corrected chi connectivity index (χ2v) is 12.6. The molecule has 26 heteroatoms. The lowest BCUT2D eigenvalue weighted by atomic mass is 9.99. The van der Waals surface area contributed by atoms with Crippen molar-refractivity contribution in [3.05, 3.63) is 33.2 Å². The molecule has 0 amide bonds. The predicted molar refractivity (Wildman–Crippen MR) is 194 cm³/mol. The first-order chi connectivity index (χ1) is 28.1. The van der Waals surface area contributed by atoms with Gasteiger partial charge in [0.25, 0.3) is 0 Å². The van der Waals surface area contributed by atoms with Crippen LogP contribution in [0.25, 0.3) is 11.0 Å². The molecular weight excluding hydrogens is 816 g/mol. The standard InChI is InChI=1S/C34H42N4O22/c1-2-57-33(55)19-7-18-30(58-5-3-35(10-22(39)40)11-23(41)42)20(8-37(14-26(47)48)15-27(49)50)31(59-6-4-36(12-24(43)44)13-25(45)46)21(32(18)60-34(19)56)9-38(16-28(51)52)17-29(53)54/h7H,2-6,8-17H2,1H3,(H,39,40)(H,41,42)(H,43,44)(H,45,46)(H,47,48)(H,49,50)(H,51,52)(H,53,54). The van der Waals surface area contributed by atoms with E-state index in [4.69, 9.17) is 18.6 Å². The van der Waals surface area contributed by atoms with Gasteiger partial charge in [0.05, 0.1) is 75.5 Å². The van der Waals surface area contributed by atoms with Gasteiger partial charge in [0.1, 0.15) is 35.9 Å². The highest BCUT2D eigenvalue weighted by molar-refractivity contribution is 5.97. The van der Waals surface area contributed by atoms with Crippen LogP contribution in [0, 0.1) is 0 Å². The van der Waals surface area contributed by atoms with Crippen LogP contribution in [-0.2, 0) is 56.2 Å². The van der Waals surface area contributed by atoms with Crippen molar-refractivity contribution < 1.29 is 103 Å². The molecule has 0 saturated carbocycles. The highest BCUT2D eigenvalue weighted by Crippen LogP contribution is 2.43. The zero-order valence-electron chi connectivity index (χ0n) is 31.8. The van der Waals surface area contributed by atoms with Crippen molar-refractivity contribution in [1.29, 1.82) is 0 Å². The van der Waals surface area contributed by atoms with Gasteiger partial charge in [0.2, 0.25) is 0 Å². The molecule has 0 aliphatic heterocycles. The van der Waals surface area contributed by atoms with E-state index in [1.165, 1.54) is 6.92 Å². The quantitative estimate of drug-likeness (QED) is 0.0300. The van der Waals surface area contributed by atoms with E-state index in [0.717, 1.165) is 25.7 Å². The molecule has 0 atom stereocenters. The van der Waals surface area contributed by atoms with Gasteiger partial charge in [0.15, 0.2) is 0 Å². The first-order valence-corrected chi connectivity index (χ1v) is 17.3. The van der Waals surface area contributed by atoms with E-state index in [1.54, 1.807) is 0 Å². The van der Waals surface area contributed by atoms with Crippen LogP contribution in [0.15, 0.2) is 15.3 Å². The number of fused-ring (bicyclic) bond motifs is 1. The van der Waals surface area contributed by atoms with E-state index < -0.39 is 174 Å². The summed E-state index contributed by atoms with van der Waals surface area (Å²) < 4.78 is 22.6. The maximum atomic E-state index is 13.4. The molecule has 0 unspecified atom stereocenters. The van der Waals surface area contributed by atoms with Crippen molar-refractivity contribution in [1.82, 2.24) is 19.6 Å². The zero-order chi connectivity index (χ0) is 45.3. The van der Waals surface area contributed by atoms with E-state index in [-0.39, 0.29) is 23.1 Å². The number of aliphatic carboxylic acids is 8. The summed E-state index contributed by atoms with van der Waals surface area (Å²) in [6.45, 7) is -9.87. The van der Waals surface area contributed by atoms with E-state index in [9.17, 15) is 88.8 Å². The molecule has 0 radical (unpaired) electrons. The molecule has 0 aliphatic carbocycles. The van der Waals surface area contributed by atoms with E-state index in [0.29, 0.717) is 0 Å². The van der Waals surface area contributed by atoms with Gasteiger partial charge in [-0.05, 0) is 13.0 Å². The Balaban J connectivity index is 3.19. The molecule has 26 nitrogen and oxygen atoms in total. The number of esters is 1. The summed E-state index contributed by atoms with van der Waals surface area (Å²) in [5.74, 6) is -14.2. The lowest BCUT2D eigenvalue weighted by Crippen LogP contribution is -2.38. The van der Waals surface area contributed by atoms with Gasteiger partial charge in [-0.1, -0.05) is 0 Å². The van der Waals surface area contributed by atoms with Crippen LogP contribution in [0.1, 0.15) is 28.4 Å². The lowest BCUT2D eigenvalue weighted by Gasteiger charge is -2.28. The summed E-state index contributed by atoms with van der Waals surface area (Å²) in [4.78, 5) is 123. The fourth-order valence-corrected chi connectivity index (χ4v) is 5.69. The summed E-state index contributed by atoms with van der Waals surface area (Å²) in [6, 6.07) is 0.885. The molecule has 0 aliphatic rings. The monoisotopic (exact) mass is 858 g/mol. The number of carbonyl (C=O) groups excluding carboxylic acids is 1. The molecule has 1 heterocycles. The summed E-state index contributed by atoms with van der Waals surface area (Å²) in [6.07, 6.45) is 0. The number of rotatable bonds is 30. The van der Waals surface area contributed by atoms with Gasteiger partial charge in [0, 0.05) is 26.2 Å². The topological polar surface area (TPSA) is 386 Å². The average Bonchev–Trinajstić information content (AvgIpc) is 3.08. The highest BCUT2D eigenvalue weighted by Gasteiger charge is 2.31. The Morgan fingerprint density at radius 2 is 0.883 bits per heavy atom. The van der Waals surface area contributed by atoms with Crippen molar-refractivity contribution >= 4 is 64.7 Å². The van der Waals surface area contributed by atoms with E-state index in [1.807, 2.05) is 0 Å². The zero-order valence-corrected chi connectivity index (χ0v) is 31.8. The summed E-state index contributed by atoms with van der Waals surface area (Å²) in [7, 11) is 0. The second-order valence-electron chi connectivity index (χ2n) is 12.6. The number of ether oxygens (including phenoxy) is 3. The van der Waals surface area contributed by atoms with Crippen LogP contribution in [0.3, 0.4) is 0 Å². The number of hydrogen-bond donors (Lipinski definition) is 8. The van der Waals surface area contributed by atoms with Gasteiger partial charge < -0.3 is 59.5 Å². The fourth-order valence-electron chi connectivity index (χ4n) is 5.69. The van der Waals surface area contributed by atoms with Crippen molar-refractivity contribution in [3.8, 4) is 11.5 Å². The maximum Gasteiger partial charge on any atom is 0.351 e. The van der Waals surface area contributed by atoms with E-state index in [2.05, 4.69) is 0 Å². The van der Waals surface area contributed by atoms with Crippen molar-refractivity contribution in [2.45, 2.75) is 20.0 Å². The number of hydrogen-bond acceptors (Lipinski definition) is 18. The van der Waals surface area contributed by atoms with Crippen LogP contribution in [0.5, 0.6) is 11.5 Å². The first-order valence-electron chi connectivity index (χ1n) is 17.3. The lowest BCUT2D eigenvalue weighted by molar-refractivity contribution is -0.144. The fraction of sp³-hybridized carbons (Fsp3) is 0.471. The molecule has 2 aromatic rings. The van der Waals surface area contributed by atoms with Crippen LogP contribution in [0.4, 0.5) is 0 Å². The molecule has 1 aromatic heterocycles. The minimum atomic E-state index is -1.55. The van der Waals surface area contributed by atoms with Crippen LogP contribution >= 0.6 is 0 Å². The number of carboxylic acid groups (broad SMARTS) is 8. The highest BCUT2D eigenvalue weighted by atomic mass is 16.5. The Hall–Kier alpha value is -6.90. The minimum absolute atomic E-state index is 0.245. The van der Waals surface area contributed by atoms with Crippen LogP contribution < -0.4 is 15.1 Å². The molecule has 0 fully saturated rings. The summed E-state index contributed by atoms with van der Waals surface area (Å²) >= 11 is 0. The number of nitrogens with zero attached hydrogens (tertiary/aromatic N) is 4. The Kier molecular flexibility index (Phi) is 19.3. The minimum Gasteiger partial charge on any atom is -0.491 e. The number of carbonyl (C=O) groups is 9. The summed E-state index contributed by atoms with van der Waals surface area (Å²) in [5.41, 5.74) is -3.44. The maximum absolute atomic E-state index is 13.4. The normalized spacial score (nSPS) is 11.2. The third kappa shape index (κ3) is 16.5. The van der Waals surface area contributed by atoms with Crippen LogP contribution in [0.2, 0.25) is 0 Å². The molecule has 1 aromatic carbocycles. The Bertz CT molecular complexity index is 1950. The molecule has 60 heavy (non-hydrogen) atoms. The van der Waals surface area contributed by atoms with Gasteiger partial charge in [-0.25, -0.2) is 9.59 Å². The van der Waals surface area contributed by atoms with Crippen molar-refractivity contribution in [3.63, 3.8) is 0 Å². The van der Waals surface area contributed by atoms with Crippen molar-refractivity contribution in [2.75, 3.05) is 85.3 Å². The van der Waals surface area contributed by atoms with Crippen LogP contribution in [-0.4, -0.2) is 199 Å². The number of carboxylic acids is 8. The molecule has 2 rings (SSSR count). The molecule has 0 spiro atoms. The SMILES string of the molecule is CCOC(=O)c1cc2c(OCCN(CC(=O)O)CC(=O)O)c(CN(CC(=O)O)CC(=O)O)c(OCCN(CC(=O)O)CC(=O)O)c(CN(CC(=O)O)CC(=O)O)c2oc1=O. The van der Waals surface area contributed by atoms with Gasteiger partial charge in [-0.2, -0.15) is 0 Å². The molecule has 0 saturated heterocycles. The molecular formula is C34H42N4O22. The third-order valence-electron chi connectivity index (χ3n) is 7.73. The second kappa shape index (κ2) is 23.5. The smallest absolute Gasteiger partial charge is 0.351 e. The molecule has 0 bridgehead atoms. The van der Waals surface area contributed by atoms with Crippen molar-refractivity contribution in [2.24, 2.45) is 0 Å². The third-order valence-corrected chi connectivity index (χ3v) is 7.73.